The van der Waals surface area contributed by atoms with E-state index >= 15 is 0 Å². The van der Waals surface area contributed by atoms with Gasteiger partial charge in [-0.05, 0) is 25.1 Å². The molecule has 0 aliphatic heterocycles. The van der Waals surface area contributed by atoms with Gasteiger partial charge in [-0.25, -0.2) is 0 Å². The Hall–Kier alpha value is -1.61. The Morgan fingerprint density at radius 2 is 2.00 bits per heavy atom. The molecule has 0 fully saturated rings. The van der Waals surface area contributed by atoms with Crippen molar-refractivity contribution in [2.45, 2.75) is 33.2 Å². The normalized spacial score (nSPS) is 10.9. The first-order chi connectivity index (χ1) is 9.76. The maximum absolute atomic E-state index is 4.75. The lowest BCUT2D eigenvalue weighted by atomic mass is 10.1. The van der Waals surface area contributed by atoms with Crippen molar-refractivity contribution in [1.82, 2.24) is 10.3 Å². The lowest BCUT2D eigenvalue weighted by molar-refractivity contribution is 0.711. The number of fused-ring (bicyclic) bond motifs is 1. The number of benzene rings is 1. The highest BCUT2D eigenvalue weighted by Gasteiger charge is 2.09. The third-order valence-electron chi connectivity index (χ3n) is 3.56. The highest BCUT2D eigenvalue weighted by Crippen LogP contribution is 2.26. The first-order valence-corrected chi connectivity index (χ1v) is 7.56. The number of hydrogen-bond acceptors (Lipinski definition) is 3. The van der Waals surface area contributed by atoms with Gasteiger partial charge < -0.3 is 10.2 Å². The van der Waals surface area contributed by atoms with Gasteiger partial charge in [0.15, 0.2) is 0 Å². The van der Waals surface area contributed by atoms with Gasteiger partial charge in [0.2, 0.25) is 0 Å². The van der Waals surface area contributed by atoms with Crippen LogP contribution < -0.4 is 10.2 Å². The van der Waals surface area contributed by atoms with Gasteiger partial charge in [0.1, 0.15) is 0 Å². The van der Waals surface area contributed by atoms with Crippen LogP contribution in [0.1, 0.15) is 32.4 Å². The molecule has 3 heteroatoms. The van der Waals surface area contributed by atoms with Crippen LogP contribution in [0.5, 0.6) is 0 Å². The van der Waals surface area contributed by atoms with Crippen LogP contribution in [0.2, 0.25) is 0 Å². The van der Waals surface area contributed by atoms with Crippen LogP contribution in [0.3, 0.4) is 0 Å². The molecule has 3 nitrogen and oxygen atoms in total. The molecule has 0 unspecified atom stereocenters. The molecule has 108 valence electrons. The van der Waals surface area contributed by atoms with Crippen LogP contribution in [0.25, 0.3) is 10.9 Å². The number of pyridine rings is 1. The zero-order valence-electron chi connectivity index (χ0n) is 12.8. The summed E-state index contributed by atoms with van der Waals surface area (Å²) in [6.07, 6.45) is 2.44. The van der Waals surface area contributed by atoms with E-state index in [0.29, 0.717) is 0 Å². The number of para-hydroxylation sites is 1. The average molecular weight is 271 g/mol. The van der Waals surface area contributed by atoms with Gasteiger partial charge in [0.05, 0.1) is 11.2 Å². The second-order valence-electron chi connectivity index (χ2n) is 5.21. The Bertz CT molecular complexity index is 551. The number of rotatable bonds is 7. The van der Waals surface area contributed by atoms with Crippen LogP contribution in [0.4, 0.5) is 5.69 Å². The third kappa shape index (κ3) is 3.48. The van der Waals surface area contributed by atoms with Crippen molar-refractivity contribution in [3.05, 3.63) is 36.0 Å². The van der Waals surface area contributed by atoms with E-state index in [2.05, 4.69) is 61.4 Å². The number of nitrogens with zero attached hydrogens (tertiary/aromatic N) is 2. The smallest absolute Gasteiger partial charge is 0.0726 e. The first kappa shape index (κ1) is 14.8. The van der Waals surface area contributed by atoms with Crippen LogP contribution in [-0.4, -0.2) is 25.1 Å². The number of anilines is 1. The fourth-order valence-electron chi connectivity index (χ4n) is 2.39. The Kier molecular flexibility index (Phi) is 5.36. The number of nitrogens with one attached hydrogen (secondary N) is 1. The minimum atomic E-state index is 0.829. The molecule has 2 rings (SSSR count). The SMILES string of the molecule is CCCCN(C)c1cc(CNCC)nc2ccccc12. The largest absolute Gasteiger partial charge is 0.374 e. The zero-order chi connectivity index (χ0) is 14.4. The van der Waals surface area contributed by atoms with Crippen molar-refractivity contribution in [3.63, 3.8) is 0 Å². The van der Waals surface area contributed by atoms with Gasteiger partial charge in [0.25, 0.3) is 0 Å². The summed E-state index contributed by atoms with van der Waals surface area (Å²) in [7, 11) is 2.18. The summed E-state index contributed by atoms with van der Waals surface area (Å²) in [5.74, 6) is 0. The van der Waals surface area contributed by atoms with Crippen LogP contribution >= 0.6 is 0 Å². The third-order valence-corrected chi connectivity index (χ3v) is 3.56. The second kappa shape index (κ2) is 7.25. The lowest BCUT2D eigenvalue weighted by Crippen LogP contribution is -2.20. The molecule has 0 saturated carbocycles. The molecular formula is C17H25N3. The first-order valence-electron chi connectivity index (χ1n) is 7.56. The van der Waals surface area contributed by atoms with Gasteiger partial charge in [-0.2, -0.15) is 0 Å². The molecule has 0 spiro atoms. The quantitative estimate of drug-likeness (QED) is 0.834. The van der Waals surface area contributed by atoms with E-state index in [9.17, 15) is 0 Å². The molecule has 0 aliphatic carbocycles. The Morgan fingerprint density at radius 3 is 2.75 bits per heavy atom. The molecule has 0 amide bonds. The predicted molar refractivity (Wildman–Crippen MR) is 87.3 cm³/mol. The minimum absolute atomic E-state index is 0.829. The Balaban J connectivity index is 2.38. The van der Waals surface area contributed by atoms with E-state index in [4.69, 9.17) is 4.98 Å². The van der Waals surface area contributed by atoms with Crippen LogP contribution in [-0.2, 0) is 6.54 Å². The van der Waals surface area contributed by atoms with Crippen molar-refractivity contribution in [2.24, 2.45) is 0 Å². The van der Waals surface area contributed by atoms with Crippen molar-refractivity contribution in [3.8, 4) is 0 Å². The van der Waals surface area contributed by atoms with Gasteiger partial charge in [-0.15, -0.1) is 0 Å². The molecule has 0 aliphatic rings. The number of hydrogen-bond donors (Lipinski definition) is 1. The highest BCUT2D eigenvalue weighted by molar-refractivity contribution is 5.91. The van der Waals surface area contributed by atoms with Gasteiger partial charge in [0, 0.05) is 31.2 Å². The monoisotopic (exact) mass is 271 g/mol. The molecule has 1 N–H and O–H groups in total. The summed E-state index contributed by atoms with van der Waals surface area (Å²) < 4.78 is 0. The van der Waals surface area contributed by atoms with E-state index in [0.717, 1.165) is 30.8 Å². The summed E-state index contributed by atoms with van der Waals surface area (Å²) in [4.78, 5) is 7.10. The zero-order valence-corrected chi connectivity index (χ0v) is 12.8. The number of unbranched alkanes of at least 4 members (excludes halogenated alkanes) is 1. The van der Waals surface area contributed by atoms with Gasteiger partial charge >= 0.3 is 0 Å². The van der Waals surface area contributed by atoms with Crippen LogP contribution in [0.15, 0.2) is 30.3 Å². The maximum Gasteiger partial charge on any atom is 0.0726 e. The summed E-state index contributed by atoms with van der Waals surface area (Å²) in [6.45, 7) is 7.24. The summed E-state index contributed by atoms with van der Waals surface area (Å²) in [5.41, 5.74) is 3.49. The van der Waals surface area contributed by atoms with Crippen molar-refractivity contribution < 1.29 is 0 Å². The predicted octanol–water partition coefficient (Wildman–Crippen LogP) is 3.58. The van der Waals surface area contributed by atoms with Crippen molar-refractivity contribution in [2.75, 3.05) is 25.0 Å². The van der Waals surface area contributed by atoms with E-state index in [1.54, 1.807) is 0 Å². The Morgan fingerprint density at radius 1 is 1.20 bits per heavy atom. The fourth-order valence-corrected chi connectivity index (χ4v) is 2.39. The van der Waals surface area contributed by atoms with E-state index in [1.807, 2.05) is 0 Å². The van der Waals surface area contributed by atoms with Gasteiger partial charge in [-0.1, -0.05) is 38.5 Å². The average Bonchev–Trinajstić information content (AvgIpc) is 2.49. The summed E-state index contributed by atoms with van der Waals surface area (Å²) >= 11 is 0. The standard InChI is InChI=1S/C17H25N3/c1-4-6-11-20(3)17-12-14(13-18-5-2)19-16-10-8-7-9-15(16)17/h7-10,12,18H,4-6,11,13H2,1-3H3. The van der Waals surface area contributed by atoms with Crippen molar-refractivity contribution >= 4 is 16.6 Å². The minimum Gasteiger partial charge on any atom is -0.374 e. The fraction of sp³-hybridized carbons (Fsp3) is 0.471. The van der Waals surface area contributed by atoms with Crippen LogP contribution in [0, 0.1) is 0 Å². The molecule has 0 radical (unpaired) electrons. The molecule has 2 aromatic rings. The molecule has 1 aromatic carbocycles. The maximum atomic E-state index is 4.75. The molecule has 0 atom stereocenters. The number of aromatic nitrogens is 1. The molecule has 20 heavy (non-hydrogen) atoms. The summed E-state index contributed by atoms with van der Waals surface area (Å²) in [6, 6.07) is 10.6. The van der Waals surface area contributed by atoms with Crippen molar-refractivity contribution in [1.29, 1.82) is 0 Å². The Labute approximate surface area is 122 Å². The highest BCUT2D eigenvalue weighted by atomic mass is 15.1. The molecule has 1 aromatic heterocycles. The molecule has 0 saturated heterocycles. The molecule has 0 bridgehead atoms. The summed E-state index contributed by atoms with van der Waals surface area (Å²) in [5, 5.41) is 4.60. The van der Waals surface area contributed by atoms with E-state index < -0.39 is 0 Å². The lowest BCUT2D eigenvalue weighted by Gasteiger charge is -2.21. The topological polar surface area (TPSA) is 28.2 Å². The van der Waals surface area contributed by atoms with E-state index in [1.165, 1.54) is 23.9 Å². The molecule has 1 heterocycles. The van der Waals surface area contributed by atoms with Gasteiger partial charge in [-0.3, -0.25) is 4.98 Å². The molecular weight excluding hydrogens is 246 g/mol. The second-order valence-corrected chi connectivity index (χ2v) is 5.21. The van der Waals surface area contributed by atoms with E-state index in [-0.39, 0.29) is 0 Å².